The second-order valence-electron chi connectivity index (χ2n) is 5.19. The summed E-state index contributed by atoms with van der Waals surface area (Å²) in [5.74, 6) is 0. The highest BCUT2D eigenvalue weighted by Gasteiger charge is 2.44. The molecule has 0 aliphatic carbocycles. The van der Waals surface area contributed by atoms with Crippen molar-refractivity contribution in [2.24, 2.45) is 5.16 Å². The Balaban J connectivity index is 2.87. The predicted molar refractivity (Wildman–Crippen MR) is 92.0 cm³/mol. The van der Waals surface area contributed by atoms with E-state index in [2.05, 4.69) is 9.44 Å². The maximum absolute atomic E-state index is 11.0. The molecular weight excluding hydrogens is 414 g/mol. The Morgan fingerprint density at radius 1 is 1.35 bits per heavy atom. The molecule has 0 radical (unpaired) electrons. The van der Waals surface area contributed by atoms with E-state index in [1.165, 1.54) is 17.7 Å². The third-order valence-corrected chi connectivity index (χ3v) is 5.15. The van der Waals surface area contributed by atoms with Crippen LogP contribution in [0.25, 0.3) is 0 Å². The van der Waals surface area contributed by atoms with Gasteiger partial charge in [0.25, 0.3) is 10.4 Å². The number of ether oxygens (including phenoxy) is 1. The molecule has 1 saturated heterocycles. The fourth-order valence-electron chi connectivity index (χ4n) is 1.92. The summed E-state index contributed by atoms with van der Waals surface area (Å²) in [5.41, 5.74) is -1.22. The van der Waals surface area contributed by atoms with Gasteiger partial charge in [-0.2, -0.15) is 8.42 Å². The van der Waals surface area contributed by atoms with Gasteiger partial charge < -0.3 is 29.7 Å². The lowest BCUT2D eigenvalue weighted by Crippen LogP contribution is -2.57. The molecule has 152 valence electrons. The zero-order chi connectivity index (χ0) is 19.9. The van der Waals surface area contributed by atoms with E-state index in [0.29, 0.717) is 11.8 Å². The smallest absolute Gasteiger partial charge is 0.284 e. The maximum atomic E-state index is 11.0. The first-order valence-corrected chi connectivity index (χ1v) is 11.1. The van der Waals surface area contributed by atoms with Crippen LogP contribution >= 0.6 is 11.8 Å². The number of aliphatic hydroxyl groups is 4. The Morgan fingerprint density at radius 3 is 2.54 bits per heavy atom. The highest BCUT2D eigenvalue weighted by Crippen LogP contribution is 2.30. The van der Waals surface area contributed by atoms with Crippen molar-refractivity contribution in [2.75, 3.05) is 12.9 Å². The van der Waals surface area contributed by atoms with Crippen molar-refractivity contribution < 1.29 is 46.6 Å². The monoisotopic (exact) mass is 434 g/mol. The van der Waals surface area contributed by atoms with Crippen molar-refractivity contribution in [3.8, 4) is 0 Å². The van der Waals surface area contributed by atoms with Crippen molar-refractivity contribution in [1.29, 1.82) is 0 Å². The van der Waals surface area contributed by atoms with E-state index in [9.17, 15) is 32.5 Å². The molecule has 0 aromatic carbocycles. The van der Waals surface area contributed by atoms with Crippen LogP contribution in [-0.2, 0) is 30.2 Å². The lowest BCUT2D eigenvalue weighted by Gasteiger charge is -2.39. The van der Waals surface area contributed by atoms with Gasteiger partial charge in [-0.15, -0.1) is 0 Å². The molecule has 0 amide bonds. The zero-order valence-electron chi connectivity index (χ0n) is 13.6. The van der Waals surface area contributed by atoms with Crippen LogP contribution in [0.4, 0.5) is 0 Å². The van der Waals surface area contributed by atoms with Crippen LogP contribution in [0.3, 0.4) is 0 Å². The summed E-state index contributed by atoms with van der Waals surface area (Å²) in [4.78, 5) is 0. The lowest BCUT2D eigenvalue weighted by molar-refractivity contribution is -0.205. The molecule has 11 nitrogen and oxygen atoms in total. The number of nitrogens with zero attached hydrogens (tertiary/aromatic N) is 1. The Morgan fingerprint density at radius 2 is 2.00 bits per heavy atom. The van der Waals surface area contributed by atoms with Crippen LogP contribution in [0, 0.1) is 0 Å². The molecule has 26 heavy (non-hydrogen) atoms. The highest BCUT2D eigenvalue weighted by atomic mass is 32.3. The third-order valence-electron chi connectivity index (χ3n) is 3.14. The first-order chi connectivity index (χ1) is 12.0. The topological polar surface area (TPSA) is 186 Å². The van der Waals surface area contributed by atoms with Crippen molar-refractivity contribution in [2.45, 2.75) is 42.7 Å². The van der Waals surface area contributed by atoms with Gasteiger partial charge in [-0.25, -0.2) is 0 Å². The minimum Gasteiger partial charge on any atom is -0.714 e. The van der Waals surface area contributed by atoms with Gasteiger partial charge in [-0.1, -0.05) is 23.0 Å². The largest absolute Gasteiger partial charge is 0.714 e. The van der Waals surface area contributed by atoms with E-state index < -0.39 is 57.7 Å². The van der Waals surface area contributed by atoms with Gasteiger partial charge in [0.2, 0.25) is 0 Å². The van der Waals surface area contributed by atoms with Gasteiger partial charge in [-0.3, -0.25) is 8.49 Å². The van der Waals surface area contributed by atoms with E-state index in [1.54, 1.807) is 0 Å². The number of hydrogen-bond acceptors (Lipinski definition) is 12. The molecule has 1 aliphatic heterocycles. The van der Waals surface area contributed by atoms with Gasteiger partial charge in [0.1, 0.15) is 34.9 Å². The van der Waals surface area contributed by atoms with Crippen molar-refractivity contribution in [1.82, 2.24) is 0 Å². The highest BCUT2D eigenvalue weighted by molar-refractivity contribution is 8.14. The minimum absolute atomic E-state index is 0.0446. The average Bonchev–Trinajstić information content (AvgIpc) is 2.55. The number of thioether (sulfide) groups is 1. The summed E-state index contributed by atoms with van der Waals surface area (Å²) in [6.45, 7) is -0.634. The maximum Gasteiger partial charge on any atom is 0.284 e. The molecule has 0 spiro atoms. The van der Waals surface area contributed by atoms with Crippen LogP contribution in [0.2, 0.25) is 0 Å². The first kappa shape index (κ1) is 23.5. The first-order valence-electron chi connectivity index (χ1n) is 7.22. The number of hydrogen-bond donors (Lipinski definition) is 4. The summed E-state index contributed by atoms with van der Waals surface area (Å²) < 4.78 is 51.8. The Labute approximate surface area is 157 Å². The molecule has 4 N–H and O–H groups in total. The number of rotatable bonds is 8. The fraction of sp³-hybridized carbons (Fsp3) is 0.750. The van der Waals surface area contributed by atoms with Crippen molar-refractivity contribution in [3.63, 3.8) is 0 Å². The van der Waals surface area contributed by atoms with E-state index >= 15 is 0 Å². The van der Waals surface area contributed by atoms with Crippen LogP contribution in [-0.4, -0.2) is 85.4 Å². The molecule has 0 aromatic heterocycles. The molecule has 1 fully saturated rings. The zero-order valence-corrected chi connectivity index (χ0v) is 16.0. The SMILES string of the molecule is CS(=O)/C=C/CC/C(=N\OS(=O)(=O)[O-])S[C@@H]1O[C@H](CO)[C@@H](O)[C@H](O)[C@H]1O. The molecule has 14 heteroatoms. The van der Waals surface area contributed by atoms with Crippen molar-refractivity contribution in [3.05, 3.63) is 11.5 Å². The quantitative estimate of drug-likeness (QED) is 0.109. The molecule has 0 saturated carbocycles. The fourth-order valence-corrected chi connectivity index (χ4v) is 3.64. The second kappa shape index (κ2) is 10.7. The molecule has 0 bridgehead atoms. The Kier molecular flexibility index (Phi) is 9.63. The van der Waals surface area contributed by atoms with Crippen LogP contribution in [0.5, 0.6) is 0 Å². The van der Waals surface area contributed by atoms with Gasteiger partial charge >= 0.3 is 0 Å². The Bertz CT molecular complexity index is 635. The standard InChI is InChI=1S/C12H21NO10S3/c1-25(18)5-3-2-4-8(13-23-26(19,20)21)24-12-11(17)10(16)9(15)7(6-14)22-12/h3,5,7,9-12,14-17H,2,4,6H2,1H3,(H,19,20,21)/p-1/b5-3+,13-8+/t7-,9-,10+,11-,12+,25?/m1/s1. The number of oxime groups is 1. The van der Waals surface area contributed by atoms with E-state index in [4.69, 9.17) is 9.84 Å². The molecule has 1 aliphatic rings. The normalized spacial score (nSPS) is 31.9. The van der Waals surface area contributed by atoms with Crippen molar-refractivity contribution >= 4 is 38.0 Å². The molecule has 1 rings (SSSR count). The summed E-state index contributed by atoms with van der Waals surface area (Å²) >= 11 is 0.656. The van der Waals surface area contributed by atoms with Gasteiger partial charge in [0.05, 0.1) is 6.61 Å². The van der Waals surface area contributed by atoms with E-state index in [1.807, 2.05) is 0 Å². The summed E-state index contributed by atoms with van der Waals surface area (Å²) in [6.07, 6.45) is -2.62. The predicted octanol–water partition coefficient (Wildman–Crippen LogP) is -2.02. The molecular formula is C12H20NO10S3-. The second-order valence-corrected chi connectivity index (χ2v) is 8.60. The van der Waals surface area contributed by atoms with E-state index in [-0.39, 0.29) is 17.9 Å². The number of allylic oxidation sites excluding steroid dienone is 1. The molecule has 1 unspecified atom stereocenters. The van der Waals surface area contributed by atoms with Gasteiger partial charge in [0.15, 0.2) is 0 Å². The van der Waals surface area contributed by atoms with Gasteiger partial charge in [-0.05, 0) is 11.8 Å². The van der Waals surface area contributed by atoms with E-state index in [0.717, 1.165) is 0 Å². The molecule has 6 atom stereocenters. The minimum atomic E-state index is -5.10. The summed E-state index contributed by atoms with van der Waals surface area (Å²) in [6, 6.07) is 0. The lowest BCUT2D eigenvalue weighted by atomic mass is 10.0. The molecule has 1 heterocycles. The average molecular weight is 434 g/mol. The Hall–Kier alpha value is -0.580. The third kappa shape index (κ3) is 7.98. The van der Waals surface area contributed by atoms with Crippen LogP contribution < -0.4 is 0 Å². The van der Waals surface area contributed by atoms with Crippen LogP contribution in [0.15, 0.2) is 16.6 Å². The summed E-state index contributed by atoms with van der Waals surface area (Å²) in [5, 5.41) is 43.1. The summed E-state index contributed by atoms with van der Waals surface area (Å²) in [7, 11) is -6.29. The molecule has 0 aromatic rings. The van der Waals surface area contributed by atoms with Gasteiger partial charge in [0, 0.05) is 23.5 Å². The number of aliphatic hydroxyl groups excluding tert-OH is 4. The van der Waals surface area contributed by atoms with Crippen LogP contribution in [0.1, 0.15) is 12.8 Å².